The van der Waals surface area contributed by atoms with E-state index in [1.54, 1.807) is 0 Å². The van der Waals surface area contributed by atoms with Crippen molar-refractivity contribution in [1.29, 1.82) is 0 Å². The molecule has 0 aliphatic carbocycles. The Morgan fingerprint density at radius 1 is 1.33 bits per heavy atom. The molecule has 6 heteroatoms. The van der Waals surface area contributed by atoms with Crippen LogP contribution < -0.4 is 5.32 Å². The summed E-state index contributed by atoms with van der Waals surface area (Å²) in [5, 5.41) is 2.08. The van der Waals surface area contributed by atoms with Gasteiger partial charge in [-0.2, -0.15) is 8.78 Å². The molecule has 0 aliphatic rings. The minimum absolute atomic E-state index is 0.0495. The Kier molecular flexibility index (Phi) is 6.63. The third-order valence-electron chi connectivity index (χ3n) is 1.74. The molecule has 1 amide bonds. The highest BCUT2D eigenvalue weighted by atomic mass is 79.9. The molecule has 0 saturated carbocycles. The first-order chi connectivity index (χ1) is 6.88. The Labute approximate surface area is 95.7 Å². The van der Waals surface area contributed by atoms with E-state index in [1.165, 1.54) is 0 Å². The van der Waals surface area contributed by atoms with Crippen molar-refractivity contribution in [1.82, 2.24) is 5.32 Å². The average Bonchev–Trinajstić information content (AvgIpc) is 2.14. The topological polar surface area (TPSA) is 46.2 Å². The highest BCUT2D eigenvalue weighted by Crippen LogP contribution is 2.08. The third kappa shape index (κ3) is 5.81. The predicted octanol–water partition coefficient (Wildman–Crippen LogP) is 1.75. The molecule has 1 atom stereocenters. The van der Waals surface area contributed by atoms with E-state index in [-0.39, 0.29) is 17.0 Å². The van der Waals surface area contributed by atoms with Gasteiger partial charge in [-0.25, -0.2) is 0 Å². The second-order valence-corrected chi connectivity index (χ2v) is 4.15. The Hall–Kier alpha value is -0.520. The molecule has 0 aromatic rings. The molecule has 0 radical (unpaired) electrons. The lowest BCUT2D eigenvalue weighted by molar-refractivity contribution is -0.135. The summed E-state index contributed by atoms with van der Waals surface area (Å²) in [6, 6.07) is -0.828. The van der Waals surface area contributed by atoms with E-state index >= 15 is 0 Å². The third-order valence-corrected chi connectivity index (χ3v) is 2.29. The Morgan fingerprint density at radius 3 is 2.20 bits per heavy atom. The van der Waals surface area contributed by atoms with E-state index in [4.69, 9.17) is 0 Å². The average molecular weight is 286 g/mol. The molecule has 0 aromatic carbocycles. The number of Topliss-reactive ketones (excluding diaryl/α,β-unsaturated/α-hetero) is 1. The highest BCUT2D eigenvalue weighted by molar-refractivity contribution is 9.09. The number of halogens is 3. The molecule has 0 bridgehead atoms. The molecule has 1 unspecified atom stereocenters. The number of carbonyl (C=O) groups excluding carboxylic acids is 2. The molecule has 0 aliphatic heterocycles. The lowest BCUT2D eigenvalue weighted by atomic mass is 10.0. The van der Waals surface area contributed by atoms with E-state index in [0.29, 0.717) is 6.42 Å². The van der Waals surface area contributed by atoms with Crippen LogP contribution in [0, 0.1) is 5.92 Å². The van der Waals surface area contributed by atoms with Crippen LogP contribution in [0.5, 0.6) is 0 Å². The number of amides is 1. The van der Waals surface area contributed by atoms with Crippen LogP contribution in [-0.2, 0) is 9.59 Å². The summed E-state index contributed by atoms with van der Waals surface area (Å²) in [6.45, 7) is 3.70. The fourth-order valence-corrected chi connectivity index (χ4v) is 1.46. The van der Waals surface area contributed by atoms with Crippen molar-refractivity contribution in [3.63, 3.8) is 0 Å². The van der Waals surface area contributed by atoms with Crippen LogP contribution in [0.3, 0.4) is 0 Å². The first kappa shape index (κ1) is 14.5. The molecule has 0 spiro atoms. The molecule has 0 aromatic heterocycles. The second kappa shape index (κ2) is 6.87. The minimum Gasteiger partial charge on any atom is -0.341 e. The number of ketones is 1. The van der Waals surface area contributed by atoms with Crippen LogP contribution in [-0.4, -0.2) is 29.5 Å². The van der Waals surface area contributed by atoms with E-state index in [9.17, 15) is 18.4 Å². The molecule has 0 fully saturated rings. The van der Waals surface area contributed by atoms with Gasteiger partial charge in [0.25, 0.3) is 5.91 Å². The molecule has 0 saturated heterocycles. The molecular formula is C9H14BrF2NO2. The molecule has 1 N–H and O–H groups in total. The van der Waals surface area contributed by atoms with Gasteiger partial charge in [0, 0.05) is 0 Å². The summed E-state index contributed by atoms with van der Waals surface area (Å²) in [4.78, 5) is 22.0. The van der Waals surface area contributed by atoms with Crippen LogP contribution >= 0.6 is 15.9 Å². The zero-order chi connectivity index (χ0) is 12.0. The lowest BCUT2D eigenvalue weighted by Gasteiger charge is -2.18. The van der Waals surface area contributed by atoms with Gasteiger partial charge in [-0.1, -0.05) is 29.8 Å². The summed E-state index contributed by atoms with van der Waals surface area (Å²) in [5.74, 6) is -1.54. The van der Waals surface area contributed by atoms with Gasteiger partial charge in [0.2, 0.25) is 0 Å². The standard InChI is InChI=1S/C9H14BrF2NO2/c1-5(2)3-6(7(14)4-10)13-9(15)8(11)12/h5-6,8H,3-4H2,1-2H3,(H,13,15). The number of nitrogens with one attached hydrogen (secondary N) is 1. The molecule has 0 rings (SSSR count). The van der Waals surface area contributed by atoms with Crippen molar-refractivity contribution in [2.45, 2.75) is 32.7 Å². The Morgan fingerprint density at radius 2 is 1.87 bits per heavy atom. The fraction of sp³-hybridized carbons (Fsp3) is 0.778. The van der Waals surface area contributed by atoms with Crippen LogP contribution in [0.25, 0.3) is 0 Å². The first-order valence-corrected chi connectivity index (χ1v) is 5.67. The molecule has 3 nitrogen and oxygen atoms in total. The van der Waals surface area contributed by atoms with E-state index in [0.717, 1.165) is 0 Å². The quantitative estimate of drug-likeness (QED) is 0.756. The lowest BCUT2D eigenvalue weighted by Crippen LogP contribution is -2.44. The second-order valence-electron chi connectivity index (χ2n) is 3.59. The summed E-state index contributed by atoms with van der Waals surface area (Å²) in [5.41, 5.74) is 0. The smallest absolute Gasteiger partial charge is 0.315 e. The molecule has 88 valence electrons. The summed E-state index contributed by atoms with van der Waals surface area (Å²) >= 11 is 2.94. The predicted molar refractivity (Wildman–Crippen MR) is 56.2 cm³/mol. The summed E-state index contributed by atoms with van der Waals surface area (Å²) in [6.07, 6.45) is -2.72. The van der Waals surface area contributed by atoms with Gasteiger partial charge in [0.05, 0.1) is 11.4 Å². The van der Waals surface area contributed by atoms with Gasteiger partial charge in [0.1, 0.15) is 0 Å². The maximum absolute atomic E-state index is 12.0. The zero-order valence-electron chi connectivity index (χ0n) is 8.60. The number of carbonyl (C=O) groups is 2. The van der Waals surface area contributed by atoms with E-state index < -0.39 is 18.4 Å². The Balaban J connectivity index is 4.37. The number of rotatable bonds is 6. The fourth-order valence-electron chi connectivity index (χ4n) is 1.07. The van der Waals surface area contributed by atoms with Crippen molar-refractivity contribution >= 4 is 27.6 Å². The molecule has 15 heavy (non-hydrogen) atoms. The normalized spacial score (nSPS) is 13.0. The zero-order valence-corrected chi connectivity index (χ0v) is 10.2. The monoisotopic (exact) mass is 285 g/mol. The van der Waals surface area contributed by atoms with Crippen molar-refractivity contribution in [3.8, 4) is 0 Å². The maximum atomic E-state index is 12.0. The summed E-state index contributed by atoms with van der Waals surface area (Å²) in [7, 11) is 0. The van der Waals surface area contributed by atoms with Gasteiger partial charge < -0.3 is 5.32 Å². The van der Waals surface area contributed by atoms with Crippen LogP contribution in [0.4, 0.5) is 8.78 Å². The molecule has 0 heterocycles. The van der Waals surface area contributed by atoms with E-state index in [2.05, 4.69) is 15.9 Å². The number of hydrogen-bond acceptors (Lipinski definition) is 2. The van der Waals surface area contributed by atoms with Crippen LogP contribution in [0.2, 0.25) is 0 Å². The van der Waals surface area contributed by atoms with Crippen molar-refractivity contribution in [2.75, 3.05) is 5.33 Å². The van der Waals surface area contributed by atoms with E-state index in [1.807, 2.05) is 19.2 Å². The van der Waals surface area contributed by atoms with Gasteiger partial charge in [-0.15, -0.1) is 0 Å². The van der Waals surface area contributed by atoms with Crippen molar-refractivity contribution in [2.24, 2.45) is 5.92 Å². The van der Waals surface area contributed by atoms with Gasteiger partial charge in [-0.3, -0.25) is 9.59 Å². The Bertz CT molecular complexity index is 234. The molecular weight excluding hydrogens is 272 g/mol. The van der Waals surface area contributed by atoms with Crippen LogP contribution in [0.15, 0.2) is 0 Å². The number of alkyl halides is 3. The van der Waals surface area contributed by atoms with Crippen LogP contribution in [0.1, 0.15) is 20.3 Å². The number of hydrogen-bond donors (Lipinski definition) is 1. The SMILES string of the molecule is CC(C)CC(NC(=O)C(F)F)C(=O)CBr. The summed E-state index contributed by atoms with van der Waals surface area (Å²) < 4.78 is 23.9. The minimum atomic E-state index is -3.08. The first-order valence-electron chi connectivity index (χ1n) is 4.55. The maximum Gasteiger partial charge on any atom is 0.315 e. The highest BCUT2D eigenvalue weighted by Gasteiger charge is 2.24. The van der Waals surface area contributed by atoms with Crippen molar-refractivity contribution in [3.05, 3.63) is 0 Å². The van der Waals surface area contributed by atoms with Gasteiger partial charge in [-0.05, 0) is 12.3 Å². The van der Waals surface area contributed by atoms with Gasteiger partial charge in [0.15, 0.2) is 5.78 Å². The van der Waals surface area contributed by atoms with Crippen molar-refractivity contribution < 1.29 is 18.4 Å². The van der Waals surface area contributed by atoms with Gasteiger partial charge >= 0.3 is 6.43 Å². The largest absolute Gasteiger partial charge is 0.341 e.